The standard InChI is InChI=1S/C15H19ClO3/c16-11-8-6-10(7-9-11)14(15(18)19)12-4-2-1-3-5-13(12)17/h6-9,12-14,17H,1-5H2,(H,18,19). The van der Waals surface area contributed by atoms with E-state index in [0.29, 0.717) is 11.4 Å². The summed E-state index contributed by atoms with van der Waals surface area (Å²) in [5, 5.41) is 20.3. The van der Waals surface area contributed by atoms with Crippen LogP contribution in [0.5, 0.6) is 0 Å². The monoisotopic (exact) mass is 282 g/mol. The lowest BCUT2D eigenvalue weighted by Crippen LogP contribution is -2.30. The van der Waals surface area contributed by atoms with Crippen LogP contribution in [-0.2, 0) is 4.79 Å². The molecule has 3 nitrogen and oxygen atoms in total. The Labute approximate surface area is 118 Å². The zero-order chi connectivity index (χ0) is 13.8. The highest BCUT2D eigenvalue weighted by Gasteiger charge is 2.35. The lowest BCUT2D eigenvalue weighted by molar-refractivity contribution is -0.141. The van der Waals surface area contributed by atoms with Gasteiger partial charge < -0.3 is 10.2 Å². The fourth-order valence-electron chi connectivity index (χ4n) is 2.95. The van der Waals surface area contributed by atoms with Crippen LogP contribution in [0.1, 0.15) is 43.6 Å². The summed E-state index contributed by atoms with van der Waals surface area (Å²) in [6.45, 7) is 0. The first kappa shape index (κ1) is 14.4. The van der Waals surface area contributed by atoms with Crippen LogP contribution in [0.2, 0.25) is 5.02 Å². The van der Waals surface area contributed by atoms with Gasteiger partial charge in [-0.15, -0.1) is 0 Å². The molecule has 1 aromatic carbocycles. The third-order valence-electron chi connectivity index (χ3n) is 3.95. The van der Waals surface area contributed by atoms with Crippen LogP contribution < -0.4 is 0 Å². The summed E-state index contributed by atoms with van der Waals surface area (Å²) >= 11 is 5.84. The van der Waals surface area contributed by atoms with Gasteiger partial charge in [0.1, 0.15) is 0 Å². The number of aliphatic carboxylic acids is 1. The molecule has 2 N–H and O–H groups in total. The number of benzene rings is 1. The van der Waals surface area contributed by atoms with Gasteiger partial charge in [-0.05, 0) is 30.5 Å². The van der Waals surface area contributed by atoms with Crippen molar-refractivity contribution in [1.29, 1.82) is 0 Å². The third kappa shape index (κ3) is 3.48. The van der Waals surface area contributed by atoms with Crippen LogP contribution in [0.25, 0.3) is 0 Å². The summed E-state index contributed by atoms with van der Waals surface area (Å²) in [6, 6.07) is 6.91. The normalized spacial score (nSPS) is 25.6. The molecular weight excluding hydrogens is 264 g/mol. The fraction of sp³-hybridized carbons (Fsp3) is 0.533. The van der Waals surface area contributed by atoms with Gasteiger partial charge in [-0.3, -0.25) is 4.79 Å². The van der Waals surface area contributed by atoms with Crippen LogP contribution in [0.15, 0.2) is 24.3 Å². The first-order valence-corrected chi connectivity index (χ1v) is 7.13. The van der Waals surface area contributed by atoms with Crippen molar-refractivity contribution in [2.24, 2.45) is 5.92 Å². The summed E-state index contributed by atoms with van der Waals surface area (Å²) in [6.07, 6.45) is 3.96. The Kier molecular flexibility index (Phi) is 4.83. The van der Waals surface area contributed by atoms with E-state index in [1.165, 1.54) is 0 Å². The van der Waals surface area contributed by atoms with Crippen LogP contribution in [-0.4, -0.2) is 22.3 Å². The van der Waals surface area contributed by atoms with Gasteiger partial charge in [-0.1, -0.05) is 43.0 Å². The summed E-state index contributed by atoms with van der Waals surface area (Å²) < 4.78 is 0. The van der Waals surface area contributed by atoms with Crippen molar-refractivity contribution in [3.63, 3.8) is 0 Å². The minimum atomic E-state index is -0.867. The molecule has 4 heteroatoms. The second kappa shape index (κ2) is 6.40. The number of rotatable bonds is 3. The van der Waals surface area contributed by atoms with Crippen molar-refractivity contribution in [2.45, 2.75) is 44.1 Å². The third-order valence-corrected chi connectivity index (χ3v) is 4.21. The topological polar surface area (TPSA) is 57.5 Å². The zero-order valence-corrected chi connectivity index (χ0v) is 11.5. The van der Waals surface area contributed by atoms with Crippen molar-refractivity contribution < 1.29 is 15.0 Å². The second-order valence-corrected chi connectivity index (χ2v) is 5.67. The number of aliphatic hydroxyl groups is 1. The number of carbonyl (C=O) groups is 1. The highest BCUT2D eigenvalue weighted by atomic mass is 35.5. The minimum absolute atomic E-state index is 0.207. The molecule has 1 aliphatic rings. The summed E-state index contributed by atoms with van der Waals surface area (Å²) in [4.78, 5) is 11.6. The van der Waals surface area contributed by atoms with Crippen molar-refractivity contribution >= 4 is 17.6 Å². The van der Waals surface area contributed by atoms with Crippen LogP contribution >= 0.6 is 11.6 Å². The molecule has 0 aromatic heterocycles. The van der Waals surface area contributed by atoms with E-state index in [9.17, 15) is 15.0 Å². The summed E-state index contributed by atoms with van der Waals surface area (Å²) in [5.41, 5.74) is 0.725. The molecule has 1 aliphatic carbocycles. The predicted molar refractivity (Wildman–Crippen MR) is 74.4 cm³/mol. The molecule has 0 spiro atoms. The van der Waals surface area contributed by atoms with E-state index >= 15 is 0 Å². The Bertz CT molecular complexity index is 430. The molecular formula is C15H19ClO3. The largest absolute Gasteiger partial charge is 0.481 e. The Hall–Kier alpha value is -1.06. The number of halogens is 1. The molecule has 104 valence electrons. The molecule has 3 unspecified atom stereocenters. The van der Waals surface area contributed by atoms with Crippen LogP contribution in [0, 0.1) is 5.92 Å². The molecule has 0 saturated heterocycles. The Balaban J connectivity index is 2.28. The SMILES string of the molecule is O=C(O)C(c1ccc(Cl)cc1)C1CCCCCC1O. The van der Waals surface area contributed by atoms with Gasteiger partial charge in [-0.25, -0.2) is 0 Å². The molecule has 0 heterocycles. The maximum atomic E-state index is 11.6. The quantitative estimate of drug-likeness (QED) is 0.835. The highest BCUT2D eigenvalue weighted by molar-refractivity contribution is 6.30. The minimum Gasteiger partial charge on any atom is -0.481 e. The van der Waals surface area contributed by atoms with Crippen molar-refractivity contribution in [2.75, 3.05) is 0 Å². The molecule has 0 bridgehead atoms. The number of aliphatic hydroxyl groups excluding tert-OH is 1. The zero-order valence-electron chi connectivity index (χ0n) is 10.8. The number of hydrogen-bond donors (Lipinski definition) is 2. The molecule has 0 radical (unpaired) electrons. The smallest absolute Gasteiger partial charge is 0.311 e. The second-order valence-electron chi connectivity index (χ2n) is 5.24. The average Bonchev–Trinajstić information content (AvgIpc) is 2.57. The first-order chi connectivity index (χ1) is 9.09. The molecule has 1 saturated carbocycles. The molecule has 2 rings (SSSR count). The van der Waals surface area contributed by atoms with Crippen molar-refractivity contribution in [3.8, 4) is 0 Å². The van der Waals surface area contributed by atoms with Gasteiger partial charge in [0, 0.05) is 10.9 Å². The first-order valence-electron chi connectivity index (χ1n) is 6.76. The number of hydrogen-bond acceptors (Lipinski definition) is 2. The van der Waals surface area contributed by atoms with Gasteiger partial charge in [0.05, 0.1) is 12.0 Å². The maximum absolute atomic E-state index is 11.6. The van der Waals surface area contributed by atoms with Crippen LogP contribution in [0.3, 0.4) is 0 Å². The van der Waals surface area contributed by atoms with E-state index in [-0.39, 0.29) is 5.92 Å². The Morgan fingerprint density at radius 1 is 1.16 bits per heavy atom. The van der Waals surface area contributed by atoms with E-state index in [1.54, 1.807) is 24.3 Å². The molecule has 0 amide bonds. The average molecular weight is 283 g/mol. The fourth-order valence-corrected chi connectivity index (χ4v) is 3.07. The van der Waals surface area contributed by atoms with E-state index in [1.807, 2.05) is 0 Å². The van der Waals surface area contributed by atoms with Gasteiger partial charge >= 0.3 is 5.97 Å². The predicted octanol–water partition coefficient (Wildman–Crippen LogP) is 3.45. The summed E-state index contributed by atoms with van der Waals surface area (Å²) in [7, 11) is 0. The molecule has 3 atom stereocenters. The molecule has 1 aromatic rings. The Morgan fingerprint density at radius 2 is 1.79 bits per heavy atom. The number of carboxylic acids is 1. The van der Waals surface area contributed by atoms with E-state index < -0.39 is 18.0 Å². The molecule has 1 fully saturated rings. The van der Waals surface area contributed by atoms with E-state index in [2.05, 4.69) is 0 Å². The number of carboxylic acid groups (broad SMARTS) is 1. The molecule has 19 heavy (non-hydrogen) atoms. The van der Waals surface area contributed by atoms with Gasteiger partial charge in [0.15, 0.2) is 0 Å². The van der Waals surface area contributed by atoms with Crippen LogP contribution in [0.4, 0.5) is 0 Å². The Morgan fingerprint density at radius 3 is 2.42 bits per heavy atom. The lowest BCUT2D eigenvalue weighted by atomic mass is 9.80. The lowest BCUT2D eigenvalue weighted by Gasteiger charge is -2.27. The van der Waals surface area contributed by atoms with Crippen molar-refractivity contribution in [3.05, 3.63) is 34.9 Å². The van der Waals surface area contributed by atoms with Gasteiger partial charge in [-0.2, -0.15) is 0 Å². The van der Waals surface area contributed by atoms with Gasteiger partial charge in [0.2, 0.25) is 0 Å². The molecule has 0 aliphatic heterocycles. The van der Waals surface area contributed by atoms with E-state index in [0.717, 1.165) is 31.2 Å². The summed E-state index contributed by atoms with van der Waals surface area (Å²) in [5.74, 6) is -1.72. The highest BCUT2D eigenvalue weighted by Crippen LogP contribution is 2.36. The van der Waals surface area contributed by atoms with E-state index in [4.69, 9.17) is 11.6 Å². The van der Waals surface area contributed by atoms with Gasteiger partial charge in [0.25, 0.3) is 0 Å². The van der Waals surface area contributed by atoms with Crippen molar-refractivity contribution in [1.82, 2.24) is 0 Å². The maximum Gasteiger partial charge on any atom is 0.311 e.